The van der Waals surface area contributed by atoms with Crippen molar-refractivity contribution < 1.29 is 9.59 Å². The van der Waals surface area contributed by atoms with Gasteiger partial charge in [0.15, 0.2) is 0 Å². The summed E-state index contributed by atoms with van der Waals surface area (Å²) in [7, 11) is 1.77. The topological polar surface area (TPSA) is 133 Å². The molecule has 0 spiro atoms. The van der Waals surface area contributed by atoms with Gasteiger partial charge >= 0.3 is 0 Å². The molecule has 100 valence electrons. The Morgan fingerprint density at radius 3 is 2.28 bits per heavy atom. The number of carbonyl (C=O) groups is 2. The quantitative estimate of drug-likeness (QED) is 0.503. The Morgan fingerprint density at radius 2 is 1.94 bits per heavy atom. The lowest BCUT2D eigenvalue weighted by atomic mass is 10.1. The second-order valence-electron chi connectivity index (χ2n) is 4.04. The summed E-state index contributed by atoms with van der Waals surface area (Å²) in [5, 5.41) is 4.03. The molecule has 8 heteroatoms. The fourth-order valence-electron chi connectivity index (χ4n) is 1.78. The Morgan fingerprint density at radius 1 is 1.39 bits per heavy atom. The monoisotopic (exact) mass is 254 g/mol. The van der Waals surface area contributed by atoms with Crippen LogP contribution in [0, 0.1) is 0 Å². The smallest absolute Gasteiger partial charge is 0.231 e. The number of nitrogens with zero attached hydrogens (tertiary/aromatic N) is 3. The highest BCUT2D eigenvalue weighted by Gasteiger charge is 2.23. The van der Waals surface area contributed by atoms with Gasteiger partial charge in [0.05, 0.1) is 25.3 Å². The number of rotatable bonds is 7. The number of hydrogen-bond acceptors (Lipinski definition) is 5. The molecule has 2 amide bonds. The highest BCUT2D eigenvalue weighted by molar-refractivity contribution is 5.79. The van der Waals surface area contributed by atoms with E-state index in [9.17, 15) is 9.59 Å². The number of primary amides is 2. The summed E-state index contributed by atoms with van der Waals surface area (Å²) in [4.78, 5) is 23.6. The zero-order chi connectivity index (χ0) is 13.7. The number of nitrogens with two attached hydrogens (primary N) is 3. The largest absolute Gasteiger partial charge is 0.369 e. The van der Waals surface area contributed by atoms with Crippen LogP contribution in [0.5, 0.6) is 0 Å². The average Bonchev–Trinajstić information content (AvgIpc) is 2.64. The van der Waals surface area contributed by atoms with Gasteiger partial charge in [0.1, 0.15) is 0 Å². The molecule has 0 radical (unpaired) electrons. The lowest BCUT2D eigenvalue weighted by Crippen LogP contribution is -2.44. The Bertz CT molecular complexity index is 414. The molecule has 6 N–H and O–H groups in total. The fraction of sp³-hybridized carbons (Fsp3) is 0.500. The van der Waals surface area contributed by atoms with Gasteiger partial charge in [-0.1, -0.05) is 0 Å². The maximum absolute atomic E-state index is 11.0. The zero-order valence-corrected chi connectivity index (χ0v) is 10.2. The van der Waals surface area contributed by atoms with Crippen molar-refractivity contribution in [2.24, 2.45) is 24.2 Å². The van der Waals surface area contributed by atoms with E-state index in [2.05, 4.69) is 5.10 Å². The van der Waals surface area contributed by atoms with Crippen molar-refractivity contribution in [1.82, 2.24) is 14.7 Å². The van der Waals surface area contributed by atoms with Crippen LogP contribution < -0.4 is 17.2 Å². The number of carbonyl (C=O) groups excluding carboxylic acids is 2. The fourth-order valence-corrected chi connectivity index (χ4v) is 1.78. The highest BCUT2D eigenvalue weighted by atomic mass is 16.2. The van der Waals surface area contributed by atoms with Crippen LogP contribution in [0.1, 0.15) is 11.6 Å². The molecule has 0 aliphatic carbocycles. The number of aryl methyl sites for hydroxylation is 1. The van der Waals surface area contributed by atoms with Crippen LogP contribution in [0.4, 0.5) is 0 Å². The summed E-state index contributed by atoms with van der Waals surface area (Å²) in [6.45, 7) is 0.0612. The average molecular weight is 254 g/mol. The van der Waals surface area contributed by atoms with Gasteiger partial charge in [0.2, 0.25) is 11.8 Å². The Balaban J connectivity index is 2.91. The molecular formula is C10H18N6O2. The van der Waals surface area contributed by atoms with Gasteiger partial charge < -0.3 is 17.2 Å². The first-order valence-electron chi connectivity index (χ1n) is 5.43. The molecule has 18 heavy (non-hydrogen) atoms. The van der Waals surface area contributed by atoms with E-state index in [1.807, 2.05) is 0 Å². The summed E-state index contributed by atoms with van der Waals surface area (Å²) in [5.41, 5.74) is 16.8. The molecule has 0 fully saturated rings. The van der Waals surface area contributed by atoms with Crippen LogP contribution in [-0.2, 0) is 16.6 Å². The molecule has 1 atom stereocenters. The van der Waals surface area contributed by atoms with E-state index in [4.69, 9.17) is 17.2 Å². The van der Waals surface area contributed by atoms with Gasteiger partial charge in [0.25, 0.3) is 0 Å². The van der Waals surface area contributed by atoms with E-state index in [0.717, 1.165) is 5.56 Å². The van der Waals surface area contributed by atoms with E-state index in [-0.39, 0.29) is 25.7 Å². The predicted molar refractivity (Wildman–Crippen MR) is 65.0 cm³/mol. The molecule has 1 aromatic heterocycles. The van der Waals surface area contributed by atoms with E-state index in [1.165, 1.54) is 0 Å². The standard InChI is InChI=1S/C10H18N6O2/c1-15-4-7(3-14-15)8(2-11)16(5-9(12)17)6-10(13)18/h3-4,8H,2,5-6,11H2,1H3,(H2,12,17)(H2,13,18). The third kappa shape index (κ3) is 3.82. The van der Waals surface area contributed by atoms with Crippen molar-refractivity contribution in [3.8, 4) is 0 Å². The van der Waals surface area contributed by atoms with Crippen molar-refractivity contribution in [3.63, 3.8) is 0 Å². The minimum Gasteiger partial charge on any atom is -0.369 e. The first kappa shape index (κ1) is 14.1. The van der Waals surface area contributed by atoms with Crippen molar-refractivity contribution in [2.75, 3.05) is 19.6 Å². The summed E-state index contributed by atoms with van der Waals surface area (Å²) in [5.74, 6) is -1.09. The van der Waals surface area contributed by atoms with Crippen molar-refractivity contribution >= 4 is 11.8 Å². The van der Waals surface area contributed by atoms with Crippen LogP contribution >= 0.6 is 0 Å². The van der Waals surface area contributed by atoms with Crippen LogP contribution in [0.25, 0.3) is 0 Å². The molecule has 1 unspecified atom stereocenters. The van der Waals surface area contributed by atoms with Crippen LogP contribution in [0.15, 0.2) is 12.4 Å². The van der Waals surface area contributed by atoms with Gasteiger partial charge in [-0.05, 0) is 0 Å². The van der Waals surface area contributed by atoms with Crippen LogP contribution in [0.3, 0.4) is 0 Å². The van der Waals surface area contributed by atoms with Gasteiger partial charge in [-0.2, -0.15) is 5.10 Å². The number of aromatic nitrogens is 2. The van der Waals surface area contributed by atoms with E-state index in [0.29, 0.717) is 0 Å². The molecule has 0 bridgehead atoms. The minimum atomic E-state index is -0.543. The molecule has 8 nitrogen and oxygen atoms in total. The van der Waals surface area contributed by atoms with Gasteiger partial charge in [-0.3, -0.25) is 19.2 Å². The van der Waals surface area contributed by atoms with E-state index >= 15 is 0 Å². The molecule has 0 saturated heterocycles. The zero-order valence-electron chi connectivity index (χ0n) is 10.2. The van der Waals surface area contributed by atoms with Crippen LogP contribution in [0.2, 0.25) is 0 Å². The molecule has 0 aliphatic heterocycles. The molecule has 0 aliphatic rings. The van der Waals surface area contributed by atoms with Crippen molar-refractivity contribution in [1.29, 1.82) is 0 Å². The summed E-state index contributed by atoms with van der Waals surface area (Å²) >= 11 is 0. The highest BCUT2D eigenvalue weighted by Crippen LogP contribution is 2.18. The third-order valence-corrected chi connectivity index (χ3v) is 2.49. The lowest BCUT2D eigenvalue weighted by Gasteiger charge is -2.27. The van der Waals surface area contributed by atoms with Gasteiger partial charge in [-0.15, -0.1) is 0 Å². The Labute approximate surface area is 105 Å². The second-order valence-corrected chi connectivity index (χ2v) is 4.04. The van der Waals surface area contributed by atoms with Crippen molar-refractivity contribution in [3.05, 3.63) is 18.0 Å². The maximum atomic E-state index is 11.0. The lowest BCUT2D eigenvalue weighted by molar-refractivity contribution is -0.122. The second kappa shape index (κ2) is 6.12. The summed E-state index contributed by atoms with van der Waals surface area (Å²) in [6, 6.07) is -0.321. The molecule has 0 saturated carbocycles. The third-order valence-electron chi connectivity index (χ3n) is 2.49. The first-order valence-corrected chi connectivity index (χ1v) is 5.43. The van der Waals surface area contributed by atoms with Gasteiger partial charge in [0, 0.05) is 25.4 Å². The number of amides is 2. The summed E-state index contributed by atoms with van der Waals surface area (Å²) < 4.78 is 1.62. The van der Waals surface area contributed by atoms with E-state index < -0.39 is 11.8 Å². The number of hydrogen-bond donors (Lipinski definition) is 3. The first-order chi connectivity index (χ1) is 8.43. The Kier molecular flexibility index (Phi) is 4.81. The van der Waals surface area contributed by atoms with Gasteiger partial charge in [-0.25, -0.2) is 0 Å². The normalized spacial score (nSPS) is 12.6. The predicted octanol–water partition coefficient (Wildman–Crippen LogP) is -2.31. The molecule has 1 heterocycles. The Hall–Kier alpha value is -1.93. The molecule has 1 rings (SSSR count). The van der Waals surface area contributed by atoms with Crippen LogP contribution in [-0.4, -0.2) is 46.1 Å². The molecular weight excluding hydrogens is 236 g/mol. The maximum Gasteiger partial charge on any atom is 0.231 e. The molecule has 1 aromatic rings. The molecule has 0 aromatic carbocycles. The minimum absolute atomic E-state index is 0.0836. The van der Waals surface area contributed by atoms with Crippen molar-refractivity contribution in [2.45, 2.75) is 6.04 Å². The van der Waals surface area contributed by atoms with E-state index in [1.54, 1.807) is 29.0 Å². The summed E-state index contributed by atoms with van der Waals surface area (Å²) in [6.07, 6.45) is 3.40. The SMILES string of the molecule is Cn1cc(C(CN)N(CC(N)=O)CC(N)=O)cn1.